The van der Waals surface area contributed by atoms with Crippen LogP contribution in [0.15, 0.2) is 118 Å². The number of amidine groups is 1. The highest BCUT2D eigenvalue weighted by molar-refractivity contribution is 7.90. The third-order valence-electron chi connectivity index (χ3n) is 7.76. The van der Waals surface area contributed by atoms with Crippen LogP contribution in [0.2, 0.25) is 10.0 Å². The Hall–Kier alpha value is -4.28. The maximum absolute atomic E-state index is 13.9. The average molecular weight is 705 g/mol. The third kappa shape index (κ3) is 7.71. The van der Waals surface area contributed by atoms with Gasteiger partial charge in [0.1, 0.15) is 5.71 Å². The summed E-state index contributed by atoms with van der Waals surface area (Å²) in [6.45, 7) is 7.88. The van der Waals surface area contributed by atoms with Gasteiger partial charge in [0, 0.05) is 27.2 Å². The Kier molecular flexibility index (Phi) is 10.9. The van der Waals surface area contributed by atoms with Gasteiger partial charge in [-0.25, -0.2) is 9.80 Å². The first-order valence-electron chi connectivity index (χ1n) is 15.3. The molecule has 1 aliphatic rings. The molecule has 0 radical (unpaired) electrons. The molecule has 0 saturated heterocycles. The maximum atomic E-state index is 13.9. The Balaban J connectivity index is 1.73. The molecule has 8 nitrogen and oxygen atoms in total. The van der Waals surface area contributed by atoms with Crippen molar-refractivity contribution >= 4 is 50.7 Å². The highest BCUT2D eigenvalue weighted by Gasteiger charge is 2.48. The molecule has 0 amide bonds. The third-order valence-corrected chi connectivity index (χ3v) is 9.55. The molecular weight excluding hydrogens is 669 g/mol. The van der Waals surface area contributed by atoms with Crippen LogP contribution in [-0.2, 0) is 29.9 Å². The van der Waals surface area contributed by atoms with Crippen LogP contribution in [0.25, 0.3) is 0 Å². The van der Waals surface area contributed by atoms with Gasteiger partial charge in [0.15, 0.2) is 11.4 Å². The number of halogens is 2. The zero-order valence-electron chi connectivity index (χ0n) is 27.0. The summed E-state index contributed by atoms with van der Waals surface area (Å²) in [6.07, 6.45) is 2.90. The summed E-state index contributed by atoms with van der Waals surface area (Å²) >= 11 is 12.4. The fraction of sp³-hybridized carbons (Fsp3) is 0.216. The maximum Gasteiger partial charge on any atom is 0.330 e. The largest absolute Gasteiger partial charge is 0.463 e. The molecule has 11 heteroatoms. The number of hydrogen-bond donors (Lipinski definition) is 0. The van der Waals surface area contributed by atoms with Crippen molar-refractivity contribution in [2.45, 2.75) is 38.2 Å². The van der Waals surface area contributed by atoms with Gasteiger partial charge in [-0.2, -0.15) is 13.5 Å². The fourth-order valence-corrected chi connectivity index (χ4v) is 6.98. The van der Waals surface area contributed by atoms with Gasteiger partial charge in [-0.3, -0.25) is 0 Å². The summed E-state index contributed by atoms with van der Waals surface area (Å²) in [5.74, 6) is -0.350. The zero-order valence-corrected chi connectivity index (χ0v) is 29.3. The predicted molar refractivity (Wildman–Crippen MR) is 190 cm³/mol. The predicted octanol–water partition coefficient (Wildman–Crippen LogP) is 7.81. The molecule has 0 fully saturated rings. The van der Waals surface area contributed by atoms with Crippen LogP contribution in [0.5, 0.6) is 0 Å². The standard InChI is InChI=1S/C37H35Cl2N3O5S/c1-5-46-33(43)12-9-21-47-37(29-10-7-6-8-11-29)24-42(40-35(37)28-13-15-30(38)16-14-28)36(34-26(3)22-25(2)23-27(34)4)41-48(44,45)32-19-17-31(39)18-20-32/h6-20,22-23H,5,21,24H2,1-4H3/b12-9-,41-36?. The van der Waals surface area contributed by atoms with Gasteiger partial charge in [-0.15, -0.1) is 4.40 Å². The van der Waals surface area contributed by atoms with Crippen LogP contribution >= 0.6 is 23.2 Å². The molecule has 1 aliphatic heterocycles. The summed E-state index contributed by atoms with van der Waals surface area (Å²) in [5, 5.41) is 7.62. The van der Waals surface area contributed by atoms with Gasteiger partial charge in [0.25, 0.3) is 10.0 Å². The molecule has 248 valence electrons. The first-order chi connectivity index (χ1) is 22.9. The average Bonchev–Trinajstić information content (AvgIpc) is 3.44. The highest BCUT2D eigenvalue weighted by Crippen LogP contribution is 2.39. The minimum atomic E-state index is -4.23. The molecule has 1 unspecified atom stereocenters. The molecule has 0 saturated carbocycles. The van der Waals surface area contributed by atoms with Crippen molar-refractivity contribution in [1.82, 2.24) is 5.01 Å². The Labute approximate surface area is 291 Å². The molecule has 48 heavy (non-hydrogen) atoms. The number of rotatable bonds is 10. The van der Waals surface area contributed by atoms with Crippen molar-refractivity contribution in [3.63, 3.8) is 0 Å². The first-order valence-corrected chi connectivity index (χ1v) is 17.5. The molecular formula is C37H35Cl2N3O5S. The molecule has 0 aliphatic carbocycles. The van der Waals surface area contributed by atoms with Gasteiger partial charge in [0.2, 0.25) is 0 Å². The zero-order chi connectivity index (χ0) is 34.5. The number of nitrogens with zero attached hydrogens (tertiary/aromatic N) is 3. The van der Waals surface area contributed by atoms with E-state index in [1.54, 1.807) is 30.1 Å². The highest BCUT2D eigenvalue weighted by atomic mass is 35.5. The van der Waals surface area contributed by atoms with Crippen molar-refractivity contribution in [2.75, 3.05) is 19.8 Å². The van der Waals surface area contributed by atoms with E-state index in [4.69, 9.17) is 37.8 Å². The molecule has 4 aromatic rings. The minimum absolute atomic E-state index is 0.0115. The topological polar surface area (TPSA) is 97.6 Å². The normalized spacial score (nSPS) is 16.8. The number of ether oxygens (including phenoxy) is 2. The van der Waals surface area contributed by atoms with Crippen molar-refractivity contribution in [2.24, 2.45) is 9.50 Å². The van der Waals surface area contributed by atoms with Crippen LogP contribution < -0.4 is 0 Å². The van der Waals surface area contributed by atoms with Gasteiger partial charge in [0.05, 0.1) is 24.7 Å². The monoisotopic (exact) mass is 703 g/mol. The van der Waals surface area contributed by atoms with E-state index in [9.17, 15) is 13.2 Å². The summed E-state index contributed by atoms with van der Waals surface area (Å²) in [4.78, 5) is 12.1. The molecule has 0 bridgehead atoms. The number of aryl methyl sites for hydroxylation is 3. The van der Waals surface area contributed by atoms with E-state index in [0.717, 1.165) is 22.3 Å². The summed E-state index contributed by atoms with van der Waals surface area (Å²) < 4.78 is 44.0. The Bertz CT molecular complexity index is 1970. The lowest BCUT2D eigenvalue weighted by Crippen LogP contribution is -2.43. The van der Waals surface area contributed by atoms with Crippen LogP contribution in [0.3, 0.4) is 0 Å². The van der Waals surface area contributed by atoms with Crippen LogP contribution in [0.4, 0.5) is 0 Å². The van der Waals surface area contributed by atoms with Crippen LogP contribution in [0.1, 0.15) is 40.3 Å². The first kappa shape index (κ1) is 35.0. The lowest BCUT2D eigenvalue weighted by atomic mass is 9.85. The van der Waals surface area contributed by atoms with E-state index in [0.29, 0.717) is 26.9 Å². The van der Waals surface area contributed by atoms with Crippen molar-refractivity contribution in [3.8, 4) is 0 Å². The van der Waals surface area contributed by atoms with Crippen molar-refractivity contribution < 1.29 is 22.7 Å². The second-order valence-corrected chi connectivity index (χ2v) is 13.8. The SMILES string of the molecule is CCOC(=O)/C=C\COC1(c2ccccc2)CN(C(=NS(=O)(=O)c2ccc(Cl)cc2)c2c(C)cc(C)cc2C)N=C1c1ccc(Cl)cc1. The lowest BCUT2D eigenvalue weighted by Gasteiger charge is -2.32. The number of benzene rings is 4. The van der Waals surface area contributed by atoms with E-state index < -0.39 is 21.6 Å². The number of carbonyl (C=O) groups is 1. The number of hydrazone groups is 1. The molecule has 1 atom stereocenters. The van der Waals surface area contributed by atoms with E-state index in [2.05, 4.69) is 4.40 Å². The van der Waals surface area contributed by atoms with E-state index in [1.165, 1.54) is 30.3 Å². The summed E-state index contributed by atoms with van der Waals surface area (Å²) in [6, 6.07) is 26.6. The summed E-state index contributed by atoms with van der Waals surface area (Å²) in [5.41, 5.74) is 4.06. The van der Waals surface area contributed by atoms with Gasteiger partial charge >= 0.3 is 5.97 Å². The van der Waals surface area contributed by atoms with Gasteiger partial charge in [-0.1, -0.05) is 89.4 Å². The Morgan fingerprint density at radius 1 is 0.938 bits per heavy atom. The quantitative estimate of drug-likeness (QED) is 0.0724. The molecule has 0 spiro atoms. The van der Waals surface area contributed by atoms with E-state index >= 15 is 0 Å². The van der Waals surface area contributed by atoms with Crippen molar-refractivity contribution in [3.05, 3.63) is 147 Å². The second kappa shape index (κ2) is 14.9. The number of hydrogen-bond acceptors (Lipinski definition) is 6. The van der Waals surface area contributed by atoms with Gasteiger partial charge < -0.3 is 9.47 Å². The Morgan fingerprint density at radius 3 is 2.15 bits per heavy atom. The van der Waals surface area contributed by atoms with Crippen molar-refractivity contribution in [1.29, 1.82) is 0 Å². The van der Waals surface area contributed by atoms with Crippen LogP contribution in [0, 0.1) is 20.8 Å². The second-order valence-electron chi connectivity index (χ2n) is 11.3. The fourth-order valence-electron chi connectivity index (χ4n) is 5.73. The number of carbonyl (C=O) groups excluding carboxylic acids is 1. The molecule has 0 N–H and O–H groups in total. The minimum Gasteiger partial charge on any atom is -0.463 e. The van der Waals surface area contributed by atoms with Gasteiger partial charge in [-0.05, 0) is 80.8 Å². The van der Waals surface area contributed by atoms with E-state index in [-0.39, 0.29) is 30.5 Å². The van der Waals surface area contributed by atoms with E-state index in [1.807, 2.05) is 75.4 Å². The number of sulfonamides is 1. The van der Waals surface area contributed by atoms with Crippen LogP contribution in [-0.4, -0.2) is 50.7 Å². The lowest BCUT2D eigenvalue weighted by molar-refractivity contribution is -0.137. The smallest absolute Gasteiger partial charge is 0.330 e. The molecule has 1 heterocycles. The molecule has 5 rings (SSSR count). The number of esters is 1. The Morgan fingerprint density at radius 2 is 1.54 bits per heavy atom. The molecule has 4 aromatic carbocycles. The molecule has 0 aromatic heterocycles. The summed E-state index contributed by atoms with van der Waals surface area (Å²) in [7, 11) is -4.23.